The van der Waals surface area contributed by atoms with Gasteiger partial charge in [-0.3, -0.25) is 4.90 Å². The van der Waals surface area contributed by atoms with E-state index in [9.17, 15) is 21.6 Å². The van der Waals surface area contributed by atoms with Crippen LogP contribution in [0.25, 0.3) is 0 Å². The number of nitrogens with zero attached hydrogens (tertiary/aromatic N) is 2. The molecule has 2 aromatic carbocycles. The fraction of sp³-hybridized carbons (Fsp3) is 0.368. The Morgan fingerprint density at radius 2 is 1.52 bits per heavy atom. The summed E-state index contributed by atoms with van der Waals surface area (Å²) in [4.78, 5) is 4.19. The van der Waals surface area contributed by atoms with E-state index < -0.39 is 21.8 Å². The van der Waals surface area contributed by atoms with Crippen molar-refractivity contribution in [2.75, 3.05) is 44.2 Å². The Hall–Kier alpha value is -1.81. The summed E-state index contributed by atoms with van der Waals surface area (Å²) in [7, 11) is -3.85. The van der Waals surface area contributed by atoms with Gasteiger partial charge in [-0.25, -0.2) is 13.1 Å². The zero-order chi connectivity index (χ0) is 21.1. The maximum absolute atomic E-state index is 12.6. The lowest BCUT2D eigenvalue weighted by Crippen LogP contribution is -2.48. The lowest BCUT2D eigenvalue weighted by Gasteiger charge is -2.36. The summed E-state index contributed by atoms with van der Waals surface area (Å²) >= 11 is 5.91. The number of halogens is 4. The Kier molecular flexibility index (Phi) is 6.72. The highest BCUT2D eigenvalue weighted by Gasteiger charge is 2.30. The van der Waals surface area contributed by atoms with Gasteiger partial charge >= 0.3 is 6.18 Å². The van der Waals surface area contributed by atoms with Crippen LogP contribution in [0.3, 0.4) is 0 Å². The molecule has 0 aromatic heterocycles. The van der Waals surface area contributed by atoms with E-state index in [2.05, 4.69) is 14.5 Å². The predicted molar refractivity (Wildman–Crippen MR) is 107 cm³/mol. The van der Waals surface area contributed by atoms with E-state index in [1.807, 2.05) is 24.3 Å². The first-order chi connectivity index (χ1) is 13.6. The van der Waals surface area contributed by atoms with Crippen molar-refractivity contribution in [1.29, 1.82) is 0 Å². The molecular formula is C19H21ClF3N3O2S. The van der Waals surface area contributed by atoms with Gasteiger partial charge in [0.2, 0.25) is 10.0 Å². The van der Waals surface area contributed by atoms with Crippen LogP contribution in [-0.4, -0.2) is 52.6 Å². The molecule has 0 atom stereocenters. The maximum Gasteiger partial charge on any atom is 0.416 e. The number of alkyl halides is 3. The average molecular weight is 448 g/mol. The van der Waals surface area contributed by atoms with Gasteiger partial charge in [0.05, 0.1) is 10.5 Å². The minimum Gasteiger partial charge on any atom is -0.369 e. The van der Waals surface area contributed by atoms with Crippen LogP contribution in [0.1, 0.15) is 5.56 Å². The molecule has 0 radical (unpaired) electrons. The molecule has 1 aliphatic rings. The number of hydrogen-bond donors (Lipinski definition) is 1. The molecule has 5 nitrogen and oxygen atoms in total. The van der Waals surface area contributed by atoms with Crippen LogP contribution in [0.5, 0.6) is 0 Å². The van der Waals surface area contributed by atoms with Gasteiger partial charge in [0.25, 0.3) is 0 Å². The second-order valence-electron chi connectivity index (χ2n) is 6.73. The summed E-state index contributed by atoms with van der Waals surface area (Å²) in [6, 6.07) is 11.1. The van der Waals surface area contributed by atoms with Gasteiger partial charge in [-0.15, -0.1) is 0 Å². The number of piperazine rings is 1. The summed E-state index contributed by atoms with van der Waals surface area (Å²) in [5, 5.41) is 0.688. The van der Waals surface area contributed by atoms with E-state index in [-0.39, 0.29) is 11.4 Å². The molecule has 0 saturated carbocycles. The van der Waals surface area contributed by atoms with Crippen molar-refractivity contribution in [3.8, 4) is 0 Å². The molecule has 0 spiro atoms. The SMILES string of the molecule is O=S(=O)(NCCN1CCN(c2ccc(Cl)cc2)CC1)c1ccc(C(F)(F)F)cc1. The molecule has 1 fully saturated rings. The van der Waals surface area contributed by atoms with Crippen LogP contribution >= 0.6 is 11.6 Å². The summed E-state index contributed by atoms with van der Waals surface area (Å²) < 4.78 is 64.8. The molecule has 2 aromatic rings. The van der Waals surface area contributed by atoms with Gasteiger partial charge in [0.1, 0.15) is 0 Å². The number of benzene rings is 2. The number of anilines is 1. The maximum atomic E-state index is 12.6. The molecular weight excluding hydrogens is 427 g/mol. The minimum atomic E-state index is -4.50. The van der Waals surface area contributed by atoms with E-state index in [0.717, 1.165) is 56.1 Å². The van der Waals surface area contributed by atoms with Crippen molar-refractivity contribution in [1.82, 2.24) is 9.62 Å². The third-order valence-electron chi connectivity index (χ3n) is 4.78. The number of sulfonamides is 1. The highest BCUT2D eigenvalue weighted by Crippen LogP contribution is 2.29. The Labute approximate surface area is 173 Å². The van der Waals surface area contributed by atoms with E-state index in [4.69, 9.17) is 11.6 Å². The fourth-order valence-corrected chi connectivity index (χ4v) is 4.27. The third kappa shape index (κ3) is 5.85. The van der Waals surface area contributed by atoms with E-state index in [0.29, 0.717) is 11.6 Å². The molecule has 158 valence electrons. The first-order valence-electron chi connectivity index (χ1n) is 9.05. The Morgan fingerprint density at radius 3 is 2.07 bits per heavy atom. The predicted octanol–water partition coefficient (Wildman–Crippen LogP) is 3.46. The van der Waals surface area contributed by atoms with Crippen LogP contribution < -0.4 is 9.62 Å². The fourth-order valence-electron chi connectivity index (χ4n) is 3.13. The summed E-state index contributed by atoms with van der Waals surface area (Å²) in [5.74, 6) is 0. The molecule has 3 rings (SSSR count). The van der Waals surface area contributed by atoms with Crippen molar-refractivity contribution in [2.24, 2.45) is 0 Å². The molecule has 1 aliphatic heterocycles. The molecule has 0 unspecified atom stereocenters. The Morgan fingerprint density at radius 1 is 0.931 bits per heavy atom. The minimum absolute atomic E-state index is 0.182. The largest absolute Gasteiger partial charge is 0.416 e. The number of nitrogens with one attached hydrogen (secondary N) is 1. The zero-order valence-electron chi connectivity index (χ0n) is 15.5. The van der Waals surface area contributed by atoms with Gasteiger partial charge < -0.3 is 4.90 Å². The lowest BCUT2D eigenvalue weighted by molar-refractivity contribution is -0.137. The molecule has 1 saturated heterocycles. The Balaban J connectivity index is 1.47. The first kappa shape index (κ1) is 21.9. The van der Waals surface area contributed by atoms with Crippen LogP contribution in [0.15, 0.2) is 53.4 Å². The topological polar surface area (TPSA) is 52.7 Å². The third-order valence-corrected chi connectivity index (χ3v) is 6.51. The average Bonchev–Trinajstić information content (AvgIpc) is 2.68. The quantitative estimate of drug-likeness (QED) is 0.737. The standard InChI is InChI=1S/C19H21ClF3N3O2S/c20-16-3-5-17(6-4-16)26-13-11-25(12-14-26)10-9-24-29(27,28)18-7-1-15(2-8-18)19(21,22)23/h1-8,24H,9-14H2. The summed E-state index contributed by atoms with van der Waals surface area (Å²) in [6.45, 7) is 3.90. The number of hydrogen-bond acceptors (Lipinski definition) is 4. The number of rotatable bonds is 6. The molecule has 0 bridgehead atoms. The summed E-state index contributed by atoms with van der Waals surface area (Å²) in [6.07, 6.45) is -4.50. The normalized spacial score (nSPS) is 16.2. The molecule has 10 heteroatoms. The zero-order valence-corrected chi connectivity index (χ0v) is 17.1. The van der Waals surface area contributed by atoms with Crippen LogP contribution in [0.2, 0.25) is 5.02 Å². The first-order valence-corrected chi connectivity index (χ1v) is 10.9. The van der Waals surface area contributed by atoms with Gasteiger partial charge in [-0.05, 0) is 48.5 Å². The molecule has 0 amide bonds. The van der Waals surface area contributed by atoms with E-state index in [1.54, 1.807) is 0 Å². The molecule has 0 aliphatic carbocycles. The molecule has 29 heavy (non-hydrogen) atoms. The van der Waals surface area contributed by atoms with Gasteiger partial charge in [0.15, 0.2) is 0 Å². The van der Waals surface area contributed by atoms with Crippen molar-refractivity contribution in [2.45, 2.75) is 11.1 Å². The van der Waals surface area contributed by atoms with Crippen molar-refractivity contribution in [3.63, 3.8) is 0 Å². The summed E-state index contributed by atoms with van der Waals surface area (Å²) in [5.41, 5.74) is 0.215. The second-order valence-corrected chi connectivity index (χ2v) is 8.93. The highest BCUT2D eigenvalue weighted by molar-refractivity contribution is 7.89. The van der Waals surface area contributed by atoms with Crippen LogP contribution in [0.4, 0.5) is 18.9 Å². The van der Waals surface area contributed by atoms with Gasteiger partial charge in [-0.2, -0.15) is 13.2 Å². The molecule has 1 heterocycles. The highest BCUT2D eigenvalue weighted by atomic mass is 35.5. The Bertz CT molecular complexity index is 911. The van der Waals surface area contributed by atoms with Crippen molar-refractivity contribution in [3.05, 3.63) is 59.1 Å². The van der Waals surface area contributed by atoms with Gasteiger partial charge in [-0.1, -0.05) is 11.6 Å². The lowest BCUT2D eigenvalue weighted by atomic mass is 10.2. The molecule has 1 N–H and O–H groups in total. The van der Waals surface area contributed by atoms with Gasteiger partial charge in [0, 0.05) is 50.0 Å². The monoisotopic (exact) mass is 447 g/mol. The van der Waals surface area contributed by atoms with E-state index in [1.165, 1.54) is 0 Å². The van der Waals surface area contributed by atoms with Crippen molar-refractivity contribution >= 4 is 27.3 Å². The van der Waals surface area contributed by atoms with E-state index >= 15 is 0 Å². The second kappa shape index (κ2) is 8.91. The van der Waals surface area contributed by atoms with Crippen LogP contribution in [0, 0.1) is 0 Å². The van der Waals surface area contributed by atoms with Crippen molar-refractivity contribution < 1.29 is 21.6 Å². The van der Waals surface area contributed by atoms with Crippen LogP contribution in [-0.2, 0) is 16.2 Å². The smallest absolute Gasteiger partial charge is 0.369 e.